The molecule has 0 radical (unpaired) electrons. The van der Waals surface area contributed by atoms with Crippen LogP contribution >= 0.6 is 0 Å². The number of anilines is 2. The van der Waals surface area contributed by atoms with Gasteiger partial charge in [-0.05, 0) is 24.6 Å². The van der Waals surface area contributed by atoms with E-state index >= 15 is 0 Å². The van der Waals surface area contributed by atoms with Gasteiger partial charge in [-0.2, -0.15) is 0 Å². The molecule has 0 atom stereocenters. The minimum atomic E-state index is -0.590. The van der Waals surface area contributed by atoms with Gasteiger partial charge in [0, 0.05) is 16.8 Å². The smallest absolute Gasteiger partial charge is 0.411 e. The van der Waals surface area contributed by atoms with Gasteiger partial charge in [-0.25, -0.2) is 4.79 Å². The van der Waals surface area contributed by atoms with E-state index in [1.165, 1.54) is 0 Å². The molecule has 21 heavy (non-hydrogen) atoms. The van der Waals surface area contributed by atoms with Gasteiger partial charge in [0.25, 0.3) is 0 Å². The van der Waals surface area contributed by atoms with Gasteiger partial charge < -0.3 is 10.5 Å². The molecule has 0 saturated carbocycles. The number of nitrogens with two attached hydrogens (primary N) is 1. The lowest BCUT2D eigenvalue weighted by Gasteiger charge is -2.11. The molecule has 3 rings (SSSR count). The molecule has 0 spiro atoms. The highest BCUT2D eigenvalue weighted by atomic mass is 16.5. The number of carbonyl (C=O) groups excluding carboxylic acids is 2. The van der Waals surface area contributed by atoms with Crippen LogP contribution in [0.5, 0.6) is 0 Å². The number of rotatable bonds is 2. The molecule has 2 aromatic rings. The van der Waals surface area contributed by atoms with Crippen LogP contribution in [-0.4, -0.2) is 18.5 Å². The third-order valence-electron chi connectivity index (χ3n) is 3.42. The summed E-state index contributed by atoms with van der Waals surface area (Å²) in [7, 11) is 0. The Morgan fingerprint density at radius 3 is 2.57 bits per heavy atom. The van der Waals surface area contributed by atoms with Crippen molar-refractivity contribution >= 4 is 23.3 Å². The second-order valence-corrected chi connectivity index (χ2v) is 4.67. The lowest BCUT2D eigenvalue weighted by atomic mass is 10.0. The number of nitrogen functional groups attached to an aromatic ring is 1. The quantitative estimate of drug-likeness (QED) is 0.708. The number of ether oxygens (including phenoxy) is 1. The molecule has 0 aliphatic heterocycles. The molecule has 2 aromatic carbocycles. The average molecular weight is 282 g/mol. The van der Waals surface area contributed by atoms with E-state index in [9.17, 15) is 9.59 Å². The molecule has 0 bridgehead atoms. The van der Waals surface area contributed by atoms with Crippen molar-refractivity contribution in [3.8, 4) is 11.1 Å². The molecule has 1 aliphatic carbocycles. The van der Waals surface area contributed by atoms with Gasteiger partial charge in [-0.1, -0.05) is 24.3 Å². The molecule has 0 aromatic heterocycles. The van der Waals surface area contributed by atoms with Crippen LogP contribution in [-0.2, 0) is 4.74 Å². The molecule has 5 nitrogen and oxygen atoms in total. The Hall–Kier alpha value is -2.82. The molecule has 1 aliphatic rings. The molecule has 0 fully saturated rings. The van der Waals surface area contributed by atoms with Crippen molar-refractivity contribution < 1.29 is 14.3 Å². The predicted molar refractivity (Wildman–Crippen MR) is 80.4 cm³/mol. The Bertz CT molecular complexity index is 753. The van der Waals surface area contributed by atoms with E-state index in [-0.39, 0.29) is 12.4 Å². The number of ketones is 1. The second-order valence-electron chi connectivity index (χ2n) is 4.67. The minimum absolute atomic E-state index is 0.139. The van der Waals surface area contributed by atoms with Crippen molar-refractivity contribution in [2.75, 3.05) is 17.7 Å². The Morgan fingerprint density at radius 2 is 1.86 bits per heavy atom. The summed E-state index contributed by atoms with van der Waals surface area (Å²) in [5.74, 6) is -0.139. The van der Waals surface area contributed by atoms with E-state index in [4.69, 9.17) is 10.5 Å². The van der Waals surface area contributed by atoms with E-state index in [0.717, 1.165) is 5.56 Å². The highest BCUT2D eigenvalue weighted by Crippen LogP contribution is 2.43. The summed E-state index contributed by atoms with van der Waals surface area (Å²) in [6, 6.07) is 10.6. The van der Waals surface area contributed by atoms with Crippen LogP contribution in [0.4, 0.5) is 16.2 Å². The van der Waals surface area contributed by atoms with Crippen molar-refractivity contribution in [3.63, 3.8) is 0 Å². The van der Waals surface area contributed by atoms with Crippen molar-refractivity contribution in [2.45, 2.75) is 6.92 Å². The van der Waals surface area contributed by atoms with Gasteiger partial charge in [-0.3, -0.25) is 10.1 Å². The summed E-state index contributed by atoms with van der Waals surface area (Å²) < 4.78 is 4.86. The normalized spacial score (nSPS) is 11.8. The SMILES string of the molecule is CCOC(=O)Nc1ccc(N)c2c1C(=O)c1ccccc1-2. The highest BCUT2D eigenvalue weighted by Gasteiger charge is 2.31. The molecule has 106 valence electrons. The summed E-state index contributed by atoms with van der Waals surface area (Å²) >= 11 is 0. The second kappa shape index (κ2) is 4.94. The third-order valence-corrected chi connectivity index (χ3v) is 3.42. The standard InChI is InChI=1S/C16H14N2O3/c1-2-21-16(20)18-12-8-7-11(17)13-9-5-3-4-6-10(9)15(19)14(12)13/h3-8H,2,17H2,1H3,(H,18,20). The number of hydrogen-bond acceptors (Lipinski definition) is 4. The Morgan fingerprint density at radius 1 is 1.14 bits per heavy atom. The molecular formula is C16H14N2O3. The number of nitrogens with one attached hydrogen (secondary N) is 1. The maximum atomic E-state index is 12.6. The first-order valence-electron chi connectivity index (χ1n) is 6.63. The Balaban J connectivity index is 2.13. The fourth-order valence-electron chi connectivity index (χ4n) is 2.56. The van der Waals surface area contributed by atoms with E-state index < -0.39 is 6.09 Å². The molecule has 5 heteroatoms. The van der Waals surface area contributed by atoms with Crippen LogP contribution in [0.1, 0.15) is 22.8 Å². The number of fused-ring (bicyclic) bond motifs is 3. The molecule has 0 unspecified atom stereocenters. The number of amides is 1. The van der Waals surface area contributed by atoms with Crippen molar-refractivity contribution in [1.82, 2.24) is 0 Å². The monoisotopic (exact) mass is 282 g/mol. The Kier molecular flexibility index (Phi) is 3.10. The van der Waals surface area contributed by atoms with E-state index in [0.29, 0.717) is 28.1 Å². The molecular weight excluding hydrogens is 268 g/mol. The number of benzene rings is 2. The maximum absolute atomic E-state index is 12.6. The van der Waals surface area contributed by atoms with Gasteiger partial charge in [0.15, 0.2) is 5.78 Å². The van der Waals surface area contributed by atoms with E-state index in [1.54, 1.807) is 31.2 Å². The lowest BCUT2D eigenvalue weighted by molar-refractivity contribution is 0.104. The van der Waals surface area contributed by atoms with Crippen LogP contribution in [0.3, 0.4) is 0 Å². The summed E-state index contributed by atoms with van der Waals surface area (Å²) in [4.78, 5) is 24.2. The number of hydrogen-bond donors (Lipinski definition) is 2. The predicted octanol–water partition coefficient (Wildman–Crippen LogP) is 3.05. The summed E-state index contributed by atoms with van der Waals surface area (Å²) in [5, 5.41) is 2.60. The third kappa shape index (κ3) is 2.03. The van der Waals surface area contributed by atoms with E-state index in [2.05, 4.69) is 5.32 Å². The van der Waals surface area contributed by atoms with Gasteiger partial charge >= 0.3 is 6.09 Å². The fourth-order valence-corrected chi connectivity index (χ4v) is 2.56. The van der Waals surface area contributed by atoms with Gasteiger partial charge in [-0.15, -0.1) is 0 Å². The fraction of sp³-hybridized carbons (Fsp3) is 0.125. The highest BCUT2D eigenvalue weighted by molar-refractivity contribution is 6.26. The van der Waals surface area contributed by atoms with Crippen LogP contribution in [0.15, 0.2) is 36.4 Å². The van der Waals surface area contributed by atoms with Gasteiger partial charge in [0.05, 0.1) is 17.9 Å². The lowest BCUT2D eigenvalue weighted by Crippen LogP contribution is -2.15. The topological polar surface area (TPSA) is 81.4 Å². The zero-order chi connectivity index (χ0) is 15.0. The zero-order valence-electron chi connectivity index (χ0n) is 11.5. The van der Waals surface area contributed by atoms with E-state index in [1.807, 2.05) is 12.1 Å². The first-order chi connectivity index (χ1) is 10.1. The van der Waals surface area contributed by atoms with Crippen LogP contribution in [0, 0.1) is 0 Å². The van der Waals surface area contributed by atoms with Gasteiger partial charge in [0.2, 0.25) is 0 Å². The van der Waals surface area contributed by atoms with Crippen LogP contribution < -0.4 is 11.1 Å². The Labute approximate surface area is 121 Å². The average Bonchev–Trinajstić information content (AvgIpc) is 2.78. The van der Waals surface area contributed by atoms with Crippen molar-refractivity contribution in [3.05, 3.63) is 47.5 Å². The van der Waals surface area contributed by atoms with Gasteiger partial charge in [0.1, 0.15) is 0 Å². The summed E-state index contributed by atoms with van der Waals surface area (Å²) in [6.45, 7) is 1.98. The first-order valence-corrected chi connectivity index (χ1v) is 6.63. The van der Waals surface area contributed by atoms with Crippen molar-refractivity contribution in [2.24, 2.45) is 0 Å². The maximum Gasteiger partial charge on any atom is 0.411 e. The number of carbonyl (C=O) groups is 2. The zero-order valence-corrected chi connectivity index (χ0v) is 11.5. The minimum Gasteiger partial charge on any atom is -0.450 e. The summed E-state index contributed by atoms with van der Waals surface area (Å²) in [5.41, 5.74) is 9.42. The molecule has 3 N–H and O–H groups in total. The van der Waals surface area contributed by atoms with Crippen LogP contribution in [0.2, 0.25) is 0 Å². The summed E-state index contributed by atoms with van der Waals surface area (Å²) in [6.07, 6.45) is -0.590. The largest absolute Gasteiger partial charge is 0.450 e. The first kappa shape index (κ1) is 13.2. The molecule has 0 saturated heterocycles. The molecule has 0 heterocycles. The van der Waals surface area contributed by atoms with Crippen molar-refractivity contribution in [1.29, 1.82) is 0 Å². The van der Waals surface area contributed by atoms with Crippen LogP contribution in [0.25, 0.3) is 11.1 Å². The molecule has 1 amide bonds.